The van der Waals surface area contributed by atoms with Gasteiger partial charge in [-0.1, -0.05) is 0 Å². The summed E-state index contributed by atoms with van der Waals surface area (Å²) in [5.74, 6) is -1.07. The molecule has 0 fully saturated rings. The van der Waals surface area contributed by atoms with E-state index < -0.39 is 28.3 Å². The minimum Gasteiger partial charge on any atom is -0.476 e. The number of nitrogens with one attached hydrogen (secondary N) is 1. The maximum Gasteiger partial charge on any atom is 0.416 e. The van der Waals surface area contributed by atoms with Crippen LogP contribution in [0.25, 0.3) is 0 Å². The topological polar surface area (TPSA) is 148 Å². The summed E-state index contributed by atoms with van der Waals surface area (Å²) in [7, 11) is 0. The molecular weight excluding hydrogens is 311 g/mol. The van der Waals surface area contributed by atoms with Crippen molar-refractivity contribution < 1.29 is 28.0 Å². The highest BCUT2D eigenvalue weighted by atomic mass is 19.4. The zero-order valence-electron chi connectivity index (χ0n) is 10.5. The molecular formula is C10H8F3N5O4. The number of rotatable bonds is 2. The molecule has 1 aromatic heterocycles. The van der Waals surface area contributed by atoms with Crippen LogP contribution < -0.4 is 5.73 Å². The number of hydrogen-bond donors (Lipinski definition) is 3. The SMILES string of the molecule is Nc1ccc(C(F)(F)F)cc1[N+](=O)[O-].O=C(O)c1cn[nH]n1. The van der Waals surface area contributed by atoms with Crippen molar-refractivity contribution in [2.75, 3.05) is 5.73 Å². The van der Waals surface area contributed by atoms with E-state index in [1.807, 2.05) is 0 Å². The number of carboxylic acids is 1. The number of nitro benzene ring substituents is 1. The van der Waals surface area contributed by atoms with E-state index in [-0.39, 0.29) is 11.4 Å². The Kier molecular flexibility index (Phi) is 5.00. The maximum absolute atomic E-state index is 12.1. The average Bonchev–Trinajstić information content (AvgIpc) is 2.92. The van der Waals surface area contributed by atoms with Gasteiger partial charge in [0.15, 0.2) is 5.69 Å². The van der Waals surface area contributed by atoms with Crippen LogP contribution in [0, 0.1) is 10.1 Å². The second-order valence-corrected chi connectivity index (χ2v) is 3.69. The zero-order chi connectivity index (χ0) is 16.9. The molecule has 0 atom stereocenters. The lowest BCUT2D eigenvalue weighted by Crippen LogP contribution is -2.06. The van der Waals surface area contributed by atoms with Crippen LogP contribution in [0.1, 0.15) is 16.1 Å². The van der Waals surface area contributed by atoms with E-state index in [0.717, 1.165) is 12.3 Å². The molecule has 2 aromatic rings. The maximum atomic E-state index is 12.1. The standard InChI is InChI=1S/C7H5F3N2O2.C3H3N3O2/c8-7(9,10)4-1-2-5(11)6(3-4)12(13)14;7-3(8)2-1-4-6-5-2/h1-3H,11H2;1H,(H,7,8)(H,4,5,6). The lowest BCUT2D eigenvalue weighted by atomic mass is 10.1. The molecule has 12 heteroatoms. The Balaban J connectivity index is 0.000000255. The predicted molar refractivity (Wildman–Crippen MR) is 65.9 cm³/mol. The smallest absolute Gasteiger partial charge is 0.416 e. The van der Waals surface area contributed by atoms with Gasteiger partial charge in [-0.15, -0.1) is 5.10 Å². The second-order valence-electron chi connectivity index (χ2n) is 3.69. The number of halogens is 3. The molecule has 0 radical (unpaired) electrons. The molecule has 4 N–H and O–H groups in total. The first-order chi connectivity index (χ1) is 10.1. The molecule has 22 heavy (non-hydrogen) atoms. The third-order valence-corrected chi connectivity index (χ3v) is 2.19. The van der Waals surface area contributed by atoms with Gasteiger partial charge >= 0.3 is 12.1 Å². The average molecular weight is 319 g/mol. The number of nitro groups is 1. The lowest BCUT2D eigenvalue weighted by molar-refractivity contribution is -0.384. The monoisotopic (exact) mass is 319 g/mol. The number of aromatic carboxylic acids is 1. The number of carboxylic acid groups (broad SMARTS) is 1. The van der Waals surface area contributed by atoms with Crippen LogP contribution in [0.5, 0.6) is 0 Å². The second kappa shape index (κ2) is 6.51. The van der Waals surface area contributed by atoms with E-state index in [4.69, 9.17) is 10.8 Å². The molecule has 1 heterocycles. The molecule has 0 unspecified atom stereocenters. The van der Waals surface area contributed by atoms with Crippen molar-refractivity contribution in [3.63, 3.8) is 0 Å². The Hall–Kier alpha value is -3.18. The lowest BCUT2D eigenvalue weighted by Gasteiger charge is -2.06. The van der Waals surface area contributed by atoms with E-state index in [1.54, 1.807) is 0 Å². The van der Waals surface area contributed by atoms with Crippen molar-refractivity contribution in [2.24, 2.45) is 0 Å². The Morgan fingerprint density at radius 1 is 1.41 bits per heavy atom. The Labute approximate surface area is 119 Å². The van der Waals surface area contributed by atoms with E-state index in [0.29, 0.717) is 12.1 Å². The molecule has 0 spiro atoms. The molecule has 118 valence electrons. The van der Waals surface area contributed by atoms with Crippen LogP contribution in [0.2, 0.25) is 0 Å². The van der Waals surface area contributed by atoms with Gasteiger partial charge in [-0.05, 0) is 12.1 Å². The van der Waals surface area contributed by atoms with Gasteiger partial charge in [0, 0.05) is 6.07 Å². The fourth-order valence-electron chi connectivity index (χ4n) is 1.18. The van der Waals surface area contributed by atoms with E-state index in [2.05, 4.69) is 15.4 Å². The molecule has 0 saturated carbocycles. The van der Waals surface area contributed by atoms with Crippen molar-refractivity contribution in [2.45, 2.75) is 6.18 Å². The highest BCUT2D eigenvalue weighted by Gasteiger charge is 2.32. The minimum absolute atomic E-state index is 0.0648. The molecule has 0 aliphatic rings. The van der Waals surface area contributed by atoms with Crippen LogP contribution in [0.15, 0.2) is 24.4 Å². The van der Waals surface area contributed by atoms with Gasteiger partial charge in [0.25, 0.3) is 5.69 Å². The number of alkyl halides is 3. The van der Waals surface area contributed by atoms with Gasteiger partial charge in [-0.2, -0.15) is 23.5 Å². The molecule has 1 aromatic carbocycles. The van der Waals surface area contributed by atoms with Gasteiger partial charge < -0.3 is 10.8 Å². The zero-order valence-corrected chi connectivity index (χ0v) is 10.5. The van der Waals surface area contributed by atoms with Crippen LogP contribution >= 0.6 is 0 Å². The summed E-state index contributed by atoms with van der Waals surface area (Å²) >= 11 is 0. The number of H-pyrrole nitrogens is 1. The molecule has 2 rings (SSSR count). The number of nitrogen functional groups attached to an aromatic ring is 1. The quantitative estimate of drug-likeness (QED) is 0.433. The normalized spacial score (nSPS) is 10.5. The highest BCUT2D eigenvalue weighted by molar-refractivity contribution is 5.84. The summed E-state index contributed by atoms with van der Waals surface area (Å²) < 4.78 is 36.3. The first-order valence-electron chi connectivity index (χ1n) is 5.33. The largest absolute Gasteiger partial charge is 0.476 e. The van der Waals surface area contributed by atoms with Gasteiger partial charge in [-0.25, -0.2) is 4.79 Å². The number of anilines is 1. The third kappa shape index (κ3) is 4.43. The van der Waals surface area contributed by atoms with E-state index >= 15 is 0 Å². The van der Waals surface area contributed by atoms with Crippen molar-refractivity contribution in [1.29, 1.82) is 0 Å². The van der Waals surface area contributed by atoms with E-state index in [1.165, 1.54) is 0 Å². The first-order valence-corrected chi connectivity index (χ1v) is 5.33. The molecule has 0 aliphatic carbocycles. The number of benzene rings is 1. The van der Waals surface area contributed by atoms with Crippen LogP contribution in [-0.2, 0) is 6.18 Å². The summed E-state index contributed by atoms with van der Waals surface area (Å²) in [5, 5.41) is 27.1. The number of hydrogen-bond acceptors (Lipinski definition) is 6. The first kappa shape index (κ1) is 16.9. The van der Waals surface area contributed by atoms with Gasteiger partial charge in [0.05, 0.1) is 16.7 Å². The molecule has 0 bridgehead atoms. The predicted octanol–water partition coefficient (Wildman–Crippen LogP) is 1.70. The Morgan fingerprint density at radius 3 is 2.41 bits per heavy atom. The van der Waals surface area contributed by atoms with Gasteiger partial charge in [0.2, 0.25) is 0 Å². The summed E-state index contributed by atoms with van der Waals surface area (Å²) in [6.07, 6.45) is -3.46. The van der Waals surface area contributed by atoms with Crippen LogP contribution in [-0.4, -0.2) is 31.4 Å². The summed E-state index contributed by atoms with van der Waals surface area (Å²) in [5.41, 5.74) is 2.95. The van der Waals surface area contributed by atoms with Crippen molar-refractivity contribution in [1.82, 2.24) is 15.4 Å². The highest BCUT2D eigenvalue weighted by Crippen LogP contribution is 2.33. The number of aromatic nitrogens is 3. The third-order valence-electron chi connectivity index (χ3n) is 2.19. The van der Waals surface area contributed by atoms with Gasteiger partial charge in [-0.3, -0.25) is 10.1 Å². The number of nitrogens with two attached hydrogens (primary N) is 1. The summed E-state index contributed by atoms with van der Waals surface area (Å²) in [6.45, 7) is 0. The van der Waals surface area contributed by atoms with Crippen molar-refractivity contribution in [3.05, 3.63) is 45.8 Å². The fraction of sp³-hybridized carbons (Fsp3) is 0.100. The Morgan fingerprint density at radius 2 is 2.05 bits per heavy atom. The van der Waals surface area contributed by atoms with Gasteiger partial charge in [0.1, 0.15) is 5.69 Å². The summed E-state index contributed by atoms with van der Waals surface area (Å²) in [6, 6.07) is 1.97. The molecule has 0 aliphatic heterocycles. The number of nitrogens with zero attached hydrogens (tertiary/aromatic N) is 3. The molecule has 0 amide bonds. The molecule has 0 saturated heterocycles. The number of aromatic amines is 1. The fourth-order valence-corrected chi connectivity index (χ4v) is 1.18. The van der Waals surface area contributed by atoms with Crippen molar-refractivity contribution in [3.8, 4) is 0 Å². The molecule has 9 nitrogen and oxygen atoms in total. The van der Waals surface area contributed by atoms with Crippen LogP contribution in [0.4, 0.5) is 24.5 Å². The van der Waals surface area contributed by atoms with Crippen molar-refractivity contribution >= 4 is 17.3 Å². The Bertz CT molecular complexity index is 672. The van der Waals surface area contributed by atoms with Crippen LogP contribution in [0.3, 0.4) is 0 Å². The van der Waals surface area contributed by atoms with E-state index in [9.17, 15) is 28.1 Å². The summed E-state index contributed by atoms with van der Waals surface area (Å²) in [4.78, 5) is 19.2. The minimum atomic E-state index is -4.60. The number of carbonyl (C=O) groups is 1.